The van der Waals surface area contributed by atoms with Crippen molar-refractivity contribution in [2.45, 2.75) is 44.8 Å². The Bertz CT molecular complexity index is 353. The zero-order chi connectivity index (χ0) is 11.9. The van der Waals surface area contributed by atoms with Gasteiger partial charge in [0.15, 0.2) is 9.84 Å². The Morgan fingerprint density at radius 2 is 2.00 bits per heavy atom. The van der Waals surface area contributed by atoms with Gasteiger partial charge in [-0.1, -0.05) is 13.8 Å². The molecule has 0 saturated carbocycles. The summed E-state index contributed by atoms with van der Waals surface area (Å²) in [5.74, 6) is 1.01. The summed E-state index contributed by atoms with van der Waals surface area (Å²) in [5, 5.41) is 0. The zero-order valence-electron chi connectivity index (χ0n) is 10.1. The highest BCUT2D eigenvalue weighted by atomic mass is 32.2. The minimum absolute atomic E-state index is 0.0555. The van der Waals surface area contributed by atoms with E-state index in [0.717, 1.165) is 6.54 Å². The lowest BCUT2D eigenvalue weighted by atomic mass is 10.00. The van der Waals surface area contributed by atoms with Gasteiger partial charge in [-0.2, -0.15) is 0 Å². The third-order valence-electron chi connectivity index (χ3n) is 3.90. The van der Waals surface area contributed by atoms with E-state index < -0.39 is 9.84 Å². The summed E-state index contributed by atoms with van der Waals surface area (Å²) in [6.07, 6.45) is 2.35. The van der Waals surface area contributed by atoms with Crippen LogP contribution in [0.3, 0.4) is 0 Å². The van der Waals surface area contributed by atoms with Crippen molar-refractivity contribution in [1.29, 1.82) is 0 Å². The van der Waals surface area contributed by atoms with Gasteiger partial charge in [-0.25, -0.2) is 8.42 Å². The van der Waals surface area contributed by atoms with Gasteiger partial charge < -0.3 is 5.73 Å². The molecule has 0 aromatic rings. The molecule has 0 aliphatic carbocycles. The van der Waals surface area contributed by atoms with Gasteiger partial charge in [0, 0.05) is 18.1 Å². The van der Waals surface area contributed by atoms with Crippen LogP contribution in [-0.4, -0.2) is 49.5 Å². The third-order valence-corrected chi connectivity index (χ3v) is 5.65. The van der Waals surface area contributed by atoms with Crippen LogP contribution in [0, 0.1) is 5.92 Å². The van der Waals surface area contributed by atoms with E-state index in [2.05, 4.69) is 18.7 Å². The van der Waals surface area contributed by atoms with Gasteiger partial charge >= 0.3 is 0 Å². The maximum absolute atomic E-state index is 11.6. The summed E-state index contributed by atoms with van der Waals surface area (Å²) in [6, 6.07) is 0.383. The van der Waals surface area contributed by atoms with Gasteiger partial charge in [-0.3, -0.25) is 4.90 Å². The van der Waals surface area contributed by atoms with Gasteiger partial charge in [0.25, 0.3) is 0 Å². The van der Waals surface area contributed by atoms with Crippen LogP contribution in [0.1, 0.15) is 26.7 Å². The standard InChI is InChI=1S/C11H22N2O2S/c1-8(2)10-4-3-5-13(10)11-7-16(14,15)6-9(11)12/h8-11H,3-7,12H2,1-2H3. The van der Waals surface area contributed by atoms with Crippen LogP contribution >= 0.6 is 0 Å². The normalized spacial score (nSPS) is 39.6. The average Bonchev–Trinajstić information content (AvgIpc) is 2.69. The highest BCUT2D eigenvalue weighted by Gasteiger charge is 2.43. The van der Waals surface area contributed by atoms with Crippen LogP contribution in [0.2, 0.25) is 0 Å². The molecule has 2 aliphatic heterocycles. The molecule has 0 radical (unpaired) electrons. The van der Waals surface area contributed by atoms with Gasteiger partial charge in [0.05, 0.1) is 11.5 Å². The summed E-state index contributed by atoms with van der Waals surface area (Å²) in [4.78, 5) is 2.35. The fourth-order valence-electron chi connectivity index (χ4n) is 3.14. The van der Waals surface area contributed by atoms with Crippen molar-refractivity contribution in [3.8, 4) is 0 Å². The summed E-state index contributed by atoms with van der Waals surface area (Å²) in [5.41, 5.74) is 5.98. The number of likely N-dealkylation sites (tertiary alicyclic amines) is 1. The van der Waals surface area contributed by atoms with Crippen molar-refractivity contribution < 1.29 is 8.42 Å². The number of hydrogen-bond acceptors (Lipinski definition) is 4. The van der Waals surface area contributed by atoms with E-state index >= 15 is 0 Å². The van der Waals surface area contributed by atoms with Crippen LogP contribution in [0.5, 0.6) is 0 Å². The molecule has 2 N–H and O–H groups in total. The minimum atomic E-state index is -2.90. The highest BCUT2D eigenvalue weighted by Crippen LogP contribution is 2.29. The Kier molecular flexibility index (Phi) is 3.29. The molecule has 0 bridgehead atoms. The topological polar surface area (TPSA) is 63.4 Å². The van der Waals surface area contributed by atoms with E-state index in [9.17, 15) is 8.42 Å². The minimum Gasteiger partial charge on any atom is -0.325 e. The molecule has 0 aromatic carbocycles. The smallest absolute Gasteiger partial charge is 0.153 e. The lowest BCUT2D eigenvalue weighted by Gasteiger charge is -2.34. The molecular weight excluding hydrogens is 224 g/mol. The van der Waals surface area contributed by atoms with Crippen molar-refractivity contribution in [2.24, 2.45) is 11.7 Å². The number of nitrogens with two attached hydrogens (primary N) is 1. The van der Waals surface area contributed by atoms with Crippen LogP contribution in [0.4, 0.5) is 0 Å². The molecule has 0 amide bonds. The third kappa shape index (κ3) is 2.26. The summed E-state index contributed by atoms with van der Waals surface area (Å²) < 4.78 is 23.2. The van der Waals surface area contributed by atoms with E-state index in [0.29, 0.717) is 12.0 Å². The van der Waals surface area contributed by atoms with Gasteiger partial charge in [0.2, 0.25) is 0 Å². The zero-order valence-corrected chi connectivity index (χ0v) is 10.9. The fraction of sp³-hybridized carbons (Fsp3) is 1.00. The molecule has 5 heteroatoms. The van der Waals surface area contributed by atoms with Gasteiger partial charge in [-0.15, -0.1) is 0 Å². The van der Waals surface area contributed by atoms with E-state index in [1.807, 2.05) is 0 Å². The van der Waals surface area contributed by atoms with E-state index in [-0.39, 0.29) is 23.6 Å². The molecule has 2 fully saturated rings. The van der Waals surface area contributed by atoms with Crippen molar-refractivity contribution in [3.05, 3.63) is 0 Å². The summed E-state index contributed by atoms with van der Waals surface area (Å²) in [7, 11) is -2.90. The maximum Gasteiger partial charge on any atom is 0.153 e. The Morgan fingerprint density at radius 3 is 2.50 bits per heavy atom. The van der Waals surface area contributed by atoms with Crippen LogP contribution in [-0.2, 0) is 9.84 Å². The quantitative estimate of drug-likeness (QED) is 0.757. The van der Waals surface area contributed by atoms with E-state index in [4.69, 9.17) is 5.73 Å². The maximum atomic E-state index is 11.6. The van der Waals surface area contributed by atoms with Crippen molar-refractivity contribution in [2.75, 3.05) is 18.1 Å². The molecule has 2 aliphatic rings. The average molecular weight is 246 g/mol. The SMILES string of the molecule is CC(C)C1CCCN1C1CS(=O)(=O)CC1N. The summed E-state index contributed by atoms with van der Waals surface area (Å²) in [6.45, 7) is 5.42. The second-order valence-electron chi connectivity index (χ2n) is 5.50. The van der Waals surface area contributed by atoms with Crippen molar-refractivity contribution in [1.82, 2.24) is 4.90 Å². The van der Waals surface area contributed by atoms with E-state index in [1.165, 1.54) is 12.8 Å². The Morgan fingerprint density at radius 1 is 1.31 bits per heavy atom. The fourth-order valence-corrected chi connectivity index (χ4v) is 5.04. The molecule has 2 saturated heterocycles. The number of nitrogens with zero attached hydrogens (tertiary/aromatic N) is 1. The molecule has 0 aromatic heterocycles. The van der Waals surface area contributed by atoms with Crippen LogP contribution in [0.25, 0.3) is 0 Å². The first-order chi connectivity index (χ1) is 7.41. The van der Waals surface area contributed by atoms with E-state index in [1.54, 1.807) is 0 Å². The predicted molar refractivity (Wildman–Crippen MR) is 65.0 cm³/mol. The number of sulfone groups is 1. The van der Waals surface area contributed by atoms with Gasteiger partial charge in [-0.05, 0) is 25.3 Å². The Hall–Kier alpha value is -0.130. The van der Waals surface area contributed by atoms with Crippen molar-refractivity contribution in [3.63, 3.8) is 0 Å². The molecular formula is C11H22N2O2S. The molecule has 2 heterocycles. The molecule has 2 rings (SSSR count). The Balaban J connectivity index is 2.13. The molecule has 0 spiro atoms. The first kappa shape index (κ1) is 12.3. The molecule has 3 atom stereocenters. The van der Waals surface area contributed by atoms with Gasteiger partial charge in [0.1, 0.15) is 0 Å². The molecule has 16 heavy (non-hydrogen) atoms. The molecule has 94 valence electrons. The second-order valence-corrected chi connectivity index (χ2v) is 7.65. The number of rotatable bonds is 2. The molecule has 3 unspecified atom stereocenters. The first-order valence-electron chi connectivity index (χ1n) is 6.12. The highest BCUT2D eigenvalue weighted by molar-refractivity contribution is 7.91. The lowest BCUT2D eigenvalue weighted by Crippen LogP contribution is -2.50. The van der Waals surface area contributed by atoms with Crippen LogP contribution in [0.15, 0.2) is 0 Å². The molecule has 4 nitrogen and oxygen atoms in total. The first-order valence-corrected chi connectivity index (χ1v) is 7.94. The predicted octanol–water partition coefficient (Wildman–Crippen LogP) is 0.231. The Labute approximate surface area is 98.1 Å². The lowest BCUT2D eigenvalue weighted by molar-refractivity contribution is 0.148. The van der Waals surface area contributed by atoms with Crippen LogP contribution < -0.4 is 5.73 Å². The largest absolute Gasteiger partial charge is 0.325 e. The second kappa shape index (κ2) is 4.27. The summed E-state index contributed by atoms with van der Waals surface area (Å²) >= 11 is 0. The number of hydrogen-bond donors (Lipinski definition) is 1. The monoisotopic (exact) mass is 246 g/mol. The van der Waals surface area contributed by atoms with Crippen molar-refractivity contribution >= 4 is 9.84 Å².